The van der Waals surface area contributed by atoms with Gasteiger partial charge < -0.3 is 35.2 Å². The van der Waals surface area contributed by atoms with Crippen molar-refractivity contribution in [2.24, 2.45) is 5.92 Å². The first-order valence-corrected chi connectivity index (χ1v) is 17.9. The van der Waals surface area contributed by atoms with E-state index in [1.165, 1.54) is 22.5 Å². The lowest BCUT2D eigenvalue weighted by Crippen LogP contribution is -2.53. The van der Waals surface area contributed by atoms with Crippen molar-refractivity contribution < 1.29 is 38.1 Å². The Labute approximate surface area is 289 Å². The van der Waals surface area contributed by atoms with Crippen molar-refractivity contribution in [1.29, 1.82) is 0 Å². The van der Waals surface area contributed by atoms with Crippen LogP contribution in [0.5, 0.6) is 5.75 Å². The standard InChI is InChI=1S/C36H48N4O8S/c1-26(2)21-40(49(46,47)30-14-12-29(25-41)13-15-30)22-34(43)31(20-28-8-5-4-6-9-28)37-35(44)23-39(32-10-7-11-33(42)27(32)3)24-36(45)38-16-18-48-19-17-38/h4-15,26,31,34,41-43H,16-25H2,1-3H3,(H,37,44)/t31-,34-/m0/s1. The highest BCUT2D eigenvalue weighted by Crippen LogP contribution is 2.28. The number of rotatable bonds is 16. The number of nitrogens with one attached hydrogen (secondary N) is 1. The molecule has 4 rings (SSSR count). The fourth-order valence-corrected chi connectivity index (χ4v) is 7.38. The van der Waals surface area contributed by atoms with Gasteiger partial charge in [-0.05, 0) is 54.7 Å². The SMILES string of the molecule is Cc1c(O)cccc1N(CC(=O)N[C@@H](Cc1ccccc1)[C@@H](O)CN(CC(C)C)S(=O)(=O)c1ccc(CO)cc1)CC(=O)N1CCOCC1. The van der Waals surface area contributed by atoms with Gasteiger partial charge in [0.1, 0.15) is 5.75 Å². The van der Waals surface area contributed by atoms with E-state index in [9.17, 15) is 33.3 Å². The molecule has 0 radical (unpaired) electrons. The summed E-state index contributed by atoms with van der Waals surface area (Å²) in [7, 11) is -4.04. The quantitative estimate of drug-likeness (QED) is 0.176. The van der Waals surface area contributed by atoms with Crippen LogP contribution in [0.4, 0.5) is 5.69 Å². The van der Waals surface area contributed by atoms with E-state index in [1.54, 1.807) is 41.0 Å². The number of aromatic hydroxyl groups is 1. The summed E-state index contributed by atoms with van der Waals surface area (Å²) in [5, 5.41) is 34.4. The molecule has 1 aliphatic heterocycles. The Hall–Kier alpha value is -4.01. The zero-order valence-electron chi connectivity index (χ0n) is 28.4. The van der Waals surface area contributed by atoms with Gasteiger partial charge in [0.05, 0.1) is 50.0 Å². The van der Waals surface area contributed by atoms with Gasteiger partial charge in [-0.15, -0.1) is 0 Å². The lowest BCUT2D eigenvalue weighted by molar-refractivity contribution is -0.133. The third-order valence-corrected chi connectivity index (χ3v) is 10.3. The molecule has 49 heavy (non-hydrogen) atoms. The number of ether oxygens (including phenoxy) is 1. The number of morpholine rings is 1. The zero-order valence-corrected chi connectivity index (χ0v) is 29.2. The molecule has 266 valence electrons. The highest BCUT2D eigenvalue weighted by atomic mass is 32.2. The number of aliphatic hydroxyl groups excluding tert-OH is 2. The van der Waals surface area contributed by atoms with Crippen LogP contribution in [0.15, 0.2) is 77.7 Å². The molecule has 1 heterocycles. The second kappa shape index (κ2) is 17.6. The Morgan fingerprint density at radius 2 is 1.59 bits per heavy atom. The Morgan fingerprint density at radius 3 is 2.22 bits per heavy atom. The van der Waals surface area contributed by atoms with Crippen molar-refractivity contribution in [3.8, 4) is 5.75 Å². The number of carbonyl (C=O) groups is 2. The van der Waals surface area contributed by atoms with E-state index in [2.05, 4.69) is 5.32 Å². The molecule has 13 heteroatoms. The second-order valence-corrected chi connectivity index (χ2v) is 14.7. The molecule has 1 fully saturated rings. The minimum Gasteiger partial charge on any atom is -0.508 e. The van der Waals surface area contributed by atoms with Crippen molar-refractivity contribution >= 4 is 27.5 Å². The van der Waals surface area contributed by atoms with Crippen LogP contribution in [-0.4, -0.2) is 109 Å². The zero-order chi connectivity index (χ0) is 35.6. The van der Waals surface area contributed by atoms with E-state index >= 15 is 0 Å². The van der Waals surface area contributed by atoms with E-state index in [0.717, 1.165) is 5.56 Å². The third-order valence-electron chi connectivity index (χ3n) is 8.45. The number of anilines is 1. The number of carbonyl (C=O) groups excluding carboxylic acids is 2. The number of amides is 2. The summed E-state index contributed by atoms with van der Waals surface area (Å²) in [5.41, 5.74) is 2.42. The number of nitrogens with zero attached hydrogens (tertiary/aromatic N) is 3. The first-order valence-electron chi connectivity index (χ1n) is 16.5. The van der Waals surface area contributed by atoms with Crippen LogP contribution in [0, 0.1) is 12.8 Å². The Kier molecular flexibility index (Phi) is 13.6. The molecule has 3 aromatic rings. The predicted octanol–water partition coefficient (Wildman–Crippen LogP) is 2.29. The number of aliphatic hydroxyl groups is 2. The maximum absolute atomic E-state index is 13.8. The number of hydrogen-bond donors (Lipinski definition) is 4. The molecular formula is C36H48N4O8S. The molecule has 4 N–H and O–H groups in total. The van der Waals surface area contributed by atoms with Crippen LogP contribution in [0.1, 0.15) is 30.5 Å². The maximum Gasteiger partial charge on any atom is 0.243 e. The molecule has 0 aromatic heterocycles. The first kappa shape index (κ1) is 37.8. The summed E-state index contributed by atoms with van der Waals surface area (Å²) in [6.07, 6.45) is -1.09. The number of benzene rings is 3. The van der Waals surface area contributed by atoms with Crippen molar-refractivity contribution in [1.82, 2.24) is 14.5 Å². The summed E-state index contributed by atoms with van der Waals surface area (Å²) < 4.78 is 34.2. The Morgan fingerprint density at radius 1 is 0.918 bits per heavy atom. The molecule has 1 aliphatic rings. The van der Waals surface area contributed by atoms with Gasteiger partial charge in [0.2, 0.25) is 21.8 Å². The monoisotopic (exact) mass is 696 g/mol. The Bertz CT molecular complexity index is 1630. The maximum atomic E-state index is 13.8. The lowest BCUT2D eigenvalue weighted by Gasteiger charge is -2.33. The number of phenols is 1. The minimum atomic E-state index is -4.04. The van der Waals surface area contributed by atoms with Crippen molar-refractivity contribution in [2.75, 3.05) is 57.4 Å². The second-order valence-electron chi connectivity index (χ2n) is 12.7. The van der Waals surface area contributed by atoms with E-state index in [1.807, 2.05) is 44.2 Å². The van der Waals surface area contributed by atoms with Crippen LogP contribution in [0.3, 0.4) is 0 Å². The van der Waals surface area contributed by atoms with Crippen LogP contribution in [0.25, 0.3) is 0 Å². The van der Waals surface area contributed by atoms with Gasteiger partial charge >= 0.3 is 0 Å². The minimum absolute atomic E-state index is 0.0246. The molecule has 0 unspecified atom stereocenters. The predicted molar refractivity (Wildman–Crippen MR) is 187 cm³/mol. The molecule has 2 amide bonds. The number of sulfonamides is 1. The lowest BCUT2D eigenvalue weighted by atomic mass is 10.0. The molecule has 0 aliphatic carbocycles. The van der Waals surface area contributed by atoms with Gasteiger partial charge in [-0.3, -0.25) is 9.59 Å². The summed E-state index contributed by atoms with van der Waals surface area (Å²) >= 11 is 0. The normalized spacial score (nSPS) is 14.9. The molecule has 0 saturated carbocycles. The highest BCUT2D eigenvalue weighted by Gasteiger charge is 2.32. The largest absolute Gasteiger partial charge is 0.508 e. The van der Waals surface area contributed by atoms with Crippen LogP contribution in [0.2, 0.25) is 0 Å². The Balaban J connectivity index is 1.59. The van der Waals surface area contributed by atoms with Crippen LogP contribution >= 0.6 is 0 Å². The molecule has 3 aromatic carbocycles. The first-order chi connectivity index (χ1) is 23.4. The van der Waals surface area contributed by atoms with Gasteiger partial charge in [-0.1, -0.05) is 62.4 Å². The summed E-state index contributed by atoms with van der Waals surface area (Å²) in [6, 6.07) is 19.2. The topological polar surface area (TPSA) is 160 Å². The van der Waals surface area contributed by atoms with Crippen LogP contribution < -0.4 is 10.2 Å². The fraction of sp³-hybridized carbons (Fsp3) is 0.444. The fourth-order valence-electron chi connectivity index (χ4n) is 5.76. The van der Waals surface area contributed by atoms with Crippen molar-refractivity contribution in [3.05, 3.63) is 89.5 Å². The van der Waals surface area contributed by atoms with E-state index in [-0.39, 0.29) is 61.7 Å². The van der Waals surface area contributed by atoms with Gasteiger partial charge in [-0.2, -0.15) is 4.31 Å². The summed E-state index contributed by atoms with van der Waals surface area (Å²) in [5.74, 6) is -0.725. The molecule has 2 atom stereocenters. The number of hydrogen-bond acceptors (Lipinski definition) is 9. The summed E-state index contributed by atoms with van der Waals surface area (Å²) in [4.78, 5) is 30.4. The van der Waals surface area contributed by atoms with Crippen molar-refractivity contribution in [2.45, 2.75) is 50.8 Å². The van der Waals surface area contributed by atoms with Gasteiger partial charge in [-0.25, -0.2) is 8.42 Å². The number of phenolic OH excluding ortho intramolecular Hbond substituents is 1. The smallest absolute Gasteiger partial charge is 0.243 e. The van der Waals surface area contributed by atoms with E-state index in [4.69, 9.17) is 4.74 Å². The average Bonchev–Trinajstić information content (AvgIpc) is 3.09. The van der Waals surface area contributed by atoms with E-state index < -0.39 is 28.1 Å². The highest BCUT2D eigenvalue weighted by molar-refractivity contribution is 7.89. The average molecular weight is 697 g/mol. The third kappa shape index (κ3) is 10.5. The van der Waals surface area contributed by atoms with Crippen LogP contribution in [-0.2, 0) is 37.4 Å². The molecule has 0 spiro atoms. The van der Waals surface area contributed by atoms with Gasteiger partial charge in [0, 0.05) is 37.4 Å². The molecule has 1 saturated heterocycles. The van der Waals surface area contributed by atoms with Crippen molar-refractivity contribution in [3.63, 3.8) is 0 Å². The van der Waals surface area contributed by atoms with Gasteiger partial charge in [0.15, 0.2) is 0 Å². The molecular weight excluding hydrogens is 648 g/mol. The molecule has 0 bridgehead atoms. The van der Waals surface area contributed by atoms with E-state index in [0.29, 0.717) is 43.1 Å². The summed E-state index contributed by atoms with van der Waals surface area (Å²) in [6.45, 7) is 6.41. The van der Waals surface area contributed by atoms with Gasteiger partial charge in [0.25, 0.3) is 0 Å². The molecule has 12 nitrogen and oxygen atoms in total.